The van der Waals surface area contributed by atoms with Crippen molar-refractivity contribution in [3.05, 3.63) is 23.8 Å². The Hall–Kier alpha value is -1.15. The van der Waals surface area contributed by atoms with Gasteiger partial charge in [0.05, 0.1) is 20.7 Å². The topological polar surface area (TPSA) is 64.3 Å². The smallest absolute Gasteiger partial charge is 0.244 e. The van der Waals surface area contributed by atoms with Crippen molar-refractivity contribution in [2.24, 2.45) is 0 Å². The molecule has 0 spiro atoms. The van der Waals surface area contributed by atoms with Crippen LogP contribution in [0, 0.1) is 6.92 Å². The summed E-state index contributed by atoms with van der Waals surface area (Å²) in [6.45, 7) is 8.08. The molecule has 1 aliphatic heterocycles. The Morgan fingerprint density at radius 3 is 2.57 bits per heavy atom. The van der Waals surface area contributed by atoms with E-state index in [1.165, 1.54) is 33.3 Å². The first-order valence-electron chi connectivity index (χ1n) is 8.21. The van der Waals surface area contributed by atoms with Gasteiger partial charge < -0.3 is 14.5 Å². The predicted molar refractivity (Wildman–Crippen MR) is 89.7 cm³/mol. The number of methoxy groups -OCH3 is 1. The second-order valence-corrected chi connectivity index (χ2v) is 8.10. The number of ether oxygens (including phenoxy) is 1. The number of aryl methyl sites for hydroxylation is 1. The lowest BCUT2D eigenvalue weighted by Gasteiger charge is -2.27. The summed E-state index contributed by atoms with van der Waals surface area (Å²) in [5.41, 5.74) is 0.899. The highest BCUT2D eigenvalue weighted by Crippen LogP contribution is 2.24. The van der Waals surface area contributed by atoms with E-state index >= 15 is 0 Å². The molecule has 0 saturated carbocycles. The van der Waals surface area contributed by atoms with Crippen LogP contribution in [0.1, 0.15) is 12.0 Å². The minimum atomic E-state index is -3.53. The highest BCUT2D eigenvalue weighted by atomic mass is 32.2. The first-order valence-corrected chi connectivity index (χ1v) is 9.70. The van der Waals surface area contributed by atoms with Gasteiger partial charge in [-0.2, -0.15) is 0 Å². The van der Waals surface area contributed by atoms with Crippen molar-refractivity contribution < 1.29 is 23.0 Å². The molecular formula is C16H29N3O3S+2. The van der Waals surface area contributed by atoms with Crippen molar-refractivity contribution in [2.75, 3.05) is 53.4 Å². The number of sulfonamides is 1. The fraction of sp³-hybridized carbons (Fsp3) is 0.625. The number of likely N-dealkylation sites (N-methyl/N-ethyl adjacent to an activating group) is 1. The highest BCUT2D eigenvalue weighted by Gasteiger charge is 2.21. The van der Waals surface area contributed by atoms with Gasteiger partial charge in [0.2, 0.25) is 10.0 Å². The summed E-state index contributed by atoms with van der Waals surface area (Å²) in [6, 6.07) is 5.19. The molecule has 0 radical (unpaired) electrons. The van der Waals surface area contributed by atoms with E-state index in [1.807, 2.05) is 13.0 Å². The van der Waals surface area contributed by atoms with Crippen LogP contribution in [0.5, 0.6) is 5.75 Å². The molecule has 7 heteroatoms. The highest BCUT2D eigenvalue weighted by molar-refractivity contribution is 7.89. The average molecular weight is 343 g/mol. The molecule has 0 aliphatic carbocycles. The molecule has 1 aromatic carbocycles. The number of hydrogen-bond donors (Lipinski definition) is 3. The first-order chi connectivity index (χ1) is 10.9. The zero-order valence-electron chi connectivity index (χ0n) is 14.3. The SMILES string of the molecule is COc1ccc(C)cc1S(=O)(=O)NCCC[NH+]1CC[NH+](C)CC1. The molecule has 1 heterocycles. The Morgan fingerprint density at radius 2 is 1.91 bits per heavy atom. The maximum absolute atomic E-state index is 12.5. The molecule has 1 saturated heterocycles. The Bertz CT molecular complexity index is 611. The Labute approximate surface area is 139 Å². The normalized spacial score (nSPS) is 22.0. The molecule has 0 unspecified atom stereocenters. The van der Waals surface area contributed by atoms with E-state index < -0.39 is 10.0 Å². The van der Waals surface area contributed by atoms with Crippen LogP contribution in [0.3, 0.4) is 0 Å². The van der Waals surface area contributed by atoms with Gasteiger partial charge in [0, 0.05) is 13.0 Å². The fourth-order valence-electron chi connectivity index (χ4n) is 2.90. The lowest BCUT2D eigenvalue weighted by atomic mass is 10.2. The summed E-state index contributed by atoms with van der Waals surface area (Å²) in [5, 5.41) is 0. The maximum atomic E-state index is 12.5. The summed E-state index contributed by atoms with van der Waals surface area (Å²) >= 11 is 0. The molecule has 0 atom stereocenters. The number of piperazine rings is 1. The van der Waals surface area contributed by atoms with Gasteiger partial charge in [0.1, 0.15) is 36.8 Å². The van der Waals surface area contributed by atoms with Crippen molar-refractivity contribution in [1.82, 2.24) is 4.72 Å². The summed E-state index contributed by atoms with van der Waals surface area (Å²) in [7, 11) is 0.185. The van der Waals surface area contributed by atoms with E-state index in [0.717, 1.165) is 18.5 Å². The number of rotatable bonds is 7. The van der Waals surface area contributed by atoms with E-state index in [9.17, 15) is 8.42 Å². The molecule has 6 nitrogen and oxygen atoms in total. The van der Waals surface area contributed by atoms with Crippen molar-refractivity contribution in [3.8, 4) is 5.75 Å². The molecule has 0 bridgehead atoms. The van der Waals surface area contributed by atoms with E-state index in [2.05, 4.69) is 11.8 Å². The van der Waals surface area contributed by atoms with Crippen LogP contribution in [-0.4, -0.2) is 61.8 Å². The quantitative estimate of drug-likeness (QED) is 0.506. The molecule has 1 aromatic rings. The van der Waals surface area contributed by atoms with E-state index in [-0.39, 0.29) is 4.90 Å². The summed E-state index contributed by atoms with van der Waals surface area (Å²) in [6.07, 6.45) is 0.849. The van der Waals surface area contributed by atoms with Gasteiger partial charge in [0.15, 0.2) is 0 Å². The zero-order valence-corrected chi connectivity index (χ0v) is 15.1. The lowest BCUT2D eigenvalue weighted by molar-refractivity contribution is -1.00. The second kappa shape index (κ2) is 8.10. The van der Waals surface area contributed by atoms with Gasteiger partial charge in [0.25, 0.3) is 0 Å². The zero-order chi connectivity index (χ0) is 16.9. The lowest BCUT2D eigenvalue weighted by Crippen LogP contribution is -3.27. The Morgan fingerprint density at radius 1 is 1.22 bits per heavy atom. The minimum Gasteiger partial charge on any atom is -0.495 e. The van der Waals surface area contributed by atoms with Crippen LogP contribution in [0.4, 0.5) is 0 Å². The van der Waals surface area contributed by atoms with Gasteiger partial charge in [-0.1, -0.05) is 6.07 Å². The average Bonchev–Trinajstić information content (AvgIpc) is 2.53. The first kappa shape index (κ1) is 18.2. The summed E-state index contributed by atoms with van der Waals surface area (Å²) in [5.74, 6) is 0.385. The van der Waals surface area contributed by atoms with Crippen LogP contribution in [0.25, 0.3) is 0 Å². The van der Waals surface area contributed by atoms with Crippen molar-refractivity contribution in [1.29, 1.82) is 0 Å². The minimum absolute atomic E-state index is 0.218. The second-order valence-electron chi connectivity index (χ2n) is 6.36. The molecular weight excluding hydrogens is 314 g/mol. The molecule has 0 amide bonds. The van der Waals surface area contributed by atoms with Crippen molar-refractivity contribution in [3.63, 3.8) is 0 Å². The standard InChI is InChI=1S/C16H27N3O3S/c1-14-5-6-15(22-3)16(13-14)23(20,21)17-7-4-8-19-11-9-18(2)10-12-19/h5-6,13,17H,4,7-12H2,1-3H3/p+2. The summed E-state index contributed by atoms with van der Waals surface area (Å²) in [4.78, 5) is 3.37. The third kappa shape index (κ3) is 5.17. The van der Waals surface area contributed by atoms with Crippen LogP contribution < -0.4 is 19.3 Å². The van der Waals surface area contributed by atoms with Gasteiger partial charge >= 0.3 is 0 Å². The van der Waals surface area contributed by atoms with Crippen molar-refractivity contribution >= 4 is 10.0 Å². The fourth-order valence-corrected chi connectivity index (χ4v) is 4.22. The Kier molecular flexibility index (Phi) is 6.41. The van der Waals surface area contributed by atoms with E-state index in [4.69, 9.17) is 4.74 Å². The number of benzene rings is 1. The van der Waals surface area contributed by atoms with Gasteiger partial charge in [-0.3, -0.25) is 0 Å². The third-order valence-corrected chi connectivity index (χ3v) is 5.90. The summed E-state index contributed by atoms with van der Waals surface area (Å²) < 4.78 is 32.8. The van der Waals surface area contributed by atoms with Crippen LogP contribution in [0.2, 0.25) is 0 Å². The van der Waals surface area contributed by atoms with Crippen LogP contribution >= 0.6 is 0 Å². The van der Waals surface area contributed by atoms with Crippen molar-refractivity contribution in [2.45, 2.75) is 18.2 Å². The molecule has 23 heavy (non-hydrogen) atoms. The molecule has 130 valence electrons. The molecule has 0 aromatic heterocycles. The number of hydrogen-bond acceptors (Lipinski definition) is 3. The number of nitrogens with one attached hydrogen (secondary N) is 3. The van der Waals surface area contributed by atoms with Crippen LogP contribution in [0.15, 0.2) is 23.1 Å². The molecule has 3 N–H and O–H groups in total. The Balaban J connectivity index is 1.86. The van der Waals surface area contributed by atoms with Gasteiger partial charge in [-0.05, 0) is 24.6 Å². The predicted octanol–water partition coefficient (Wildman–Crippen LogP) is -1.91. The van der Waals surface area contributed by atoms with Gasteiger partial charge in [-0.15, -0.1) is 0 Å². The monoisotopic (exact) mass is 343 g/mol. The number of quaternary nitrogens is 2. The van der Waals surface area contributed by atoms with Gasteiger partial charge in [-0.25, -0.2) is 13.1 Å². The molecule has 1 aliphatic rings. The van der Waals surface area contributed by atoms with E-state index in [0.29, 0.717) is 12.3 Å². The maximum Gasteiger partial charge on any atom is 0.244 e. The van der Waals surface area contributed by atoms with Crippen LogP contribution in [-0.2, 0) is 10.0 Å². The molecule has 1 fully saturated rings. The van der Waals surface area contributed by atoms with E-state index in [1.54, 1.807) is 21.9 Å². The third-order valence-electron chi connectivity index (χ3n) is 4.42. The molecule has 2 rings (SSSR count). The largest absolute Gasteiger partial charge is 0.495 e.